The number of aromatic nitrogens is 2. The third-order valence-corrected chi connectivity index (χ3v) is 6.35. The number of rotatable bonds is 6. The van der Waals surface area contributed by atoms with Crippen LogP contribution in [0.5, 0.6) is 0 Å². The van der Waals surface area contributed by atoms with E-state index in [0.29, 0.717) is 11.3 Å². The number of allylic oxidation sites excluding steroid dienone is 1. The number of aromatic amines is 1. The van der Waals surface area contributed by atoms with Crippen molar-refractivity contribution in [2.75, 3.05) is 31.6 Å². The number of nitrogens with zero attached hydrogens (tertiary/aromatic N) is 2. The van der Waals surface area contributed by atoms with Gasteiger partial charge in [-0.05, 0) is 81.7 Å². The monoisotopic (exact) mass is 556 g/mol. The predicted octanol–water partition coefficient (Wildman–Crippen LogP) is 4.24. The van der Waals surface area contributed by atoms with Gasteiger partial charge in [-0.3, -0.25) is 14.5 Å². The van der Waals surface area contributed by atoms with E-state index in [1.165, 1.54) is 12.8 Å². The van der Waals surface area contributed by atoms with Gasteiger partial charge in [0.15, 0.2) is 11.3 Å². The lowest BCUT2D eigenvalue weighted by molar-refractivity contribution is -0.139. The Hall–Kier alpha value is -4.88. The van der Waals surface area contributed by atoms with Crippen molar-refractivity contribution in [3.8, 4) is 11.8 Å². The molecule has 0 atom stereocenters. The standard InChI is InChI=1S/C29H28N4O4.C2H4O2/c1-3-36-29(35)25-26(34)24(17-21-18-31-27-22(21)9-6-12-30-27)37-28(25)32-23-11-10-20(16-19(23)2)8-7-15-33-13-4-5-14-33;1-2(3)4/h6,9-12,16-18,32H,3-5,13-15H2,1-2H3,(H,30,31);1H3,(H,3,4). The number of pyridine rings is 1. The summed E-state index contributed by atoms with van der Waals surface area (Å²) in [5.41, 5.74) is 3.76. The van der Waals surface area contributed by atoms with E-state index in [1.807, 2.05) is 37.3 Å². The Balaban J connectivity index is 0.000000909. The van der Waals surface area contributed by atoms with E-state index in [9.17, 15) is 9.59 Å². The van der Waals surface area contributed by atoms with Crippen LogP contribution in [-0.4, -0.2) is 63.9 Å². The summed E-state index contributed by atoms with van der Waals surface area (Å²) in [6, 6.07) is 9.45. The Kier molecular flexibility index (Phi) is 9.55. The van der Waals surface area contributed by atoms with Gasteiger partial charge in [0, 0.05) is 41.5 Å². The molecule has 1 aromatic carbocycles. The van der Waals surface area contributed by atoms with Crippen molar-refractivity contribution in [1.29, 1.82) is 0 Å². The van der Waals surface area contributed by atoms with Crippen molar-refractivity contribution in [1.82, 2.24) is 14.9 Å². The van der Waals surface area contributed by atoms with E-state index in [-0.39, 0.29) is 23.8 Å². The minimum atomic E-state index is -0.833. The number of carboxylic acid groups (broad SMARTS) is 1. The minimum absolute atomic E-state index is 0.0253. The molecule has 0 unspecified atom stereocenters. The van der Waals surface area contributed by atoms with Gasteiger partial charge in [-0.15, -0.1) is 0 Å². The largest absolute Gasteiger partial charge is 0.481 e. The Morgan fingerprint density at radius 1 is 1.27 bits per heavy atom. The zero-order valence-electron chi connectivity index (χ0n) is 23.2. The summed E-state index contributed by atoms with van der Waals surface area (Å²) >= 11 is 0. The van der Waals surface area contributed by atoms with Gasteiger partial charge in [0.1, 0.15) is 5.65 Å². The second-order valence-corrected chi connectivity index (χ2v) is 9.47. The van der Waals surface area contributed by atoms with Crippen LogP contribution in [0.4, 0.5) is 5.69 Å². The number of carbonyl (C=O) groups excluding carboxylic acids is 2. The highest BCUT2D eigenvalue weighted by atomic mass is 16.5. The number of carbonyl (C=O) groups is 3. The molecule has 4 heterocycles. The van der Waals surface area contributed by atoms with Gasteiger partial charge in [-0.2, -0.15) is 0 Å². The lowest BCUT2D eigenvalue weighted by Gasteiger charge is -2.12. The molecule has 3 N–H and O–H groups in total. The number of ether oxygens (including phenoxy) is 2. The number of esters is 1. The van der Waals surface area contributed by atoms with E-state index < -0.39 is 17.7 Å². The molecule has 2 aliphatic rings. The number of carboxylic acids is 1. The van der Waals surface area contributed by atoms with Gasteiger partial charge < -0.3 is 24.9 Å². The van der Waals surface area contributed by atoms with Gasteiger partial charge in [0.25, 0.3) is 5.97 Å². The smallest absolute Gasteiger partial charge is 0.347 e. The van der Waals surface area contributed by atoms with E-state index in [2.05, 4.69) is 32.0 Å². The number of Topliss-reactive ketones (excluding diaryl/α,β-unsaturated/α-hetero) is 1. The SMILES string of the molecule is CC(=O)O.CCOC(=O)C1=C(Nc2ccc(C#CCN3CCCC3)cc2C)OC(=Cc2c[nH]c3ncccc23)C1=O. The molecule has 5 rings (SSSR count). The highest BCUT2D eigenvalue weighted by molar-refractivity contribution is 6.26. The number of anilines is 1. The van der Waals surface area contributed by atoms with Crippen LogP contribution in [0.1, 0.15) is 43.4 Å². The summed E-state index contributed by atoms with van der Waals surface area (Å²) in [5.74, 6) is 4.43. The van der Waals surface area contributed by atoms with E-state index in [0.717, 1.165) is 48.6 Å². The Morgan fingerprint density at radius 2 is 2.02 bits per heavy atom. The first-order valence-corrected chi connectivity index (χ1v) is 13.3. The number of hydrogen-bond donors (Lipinski definition) is 3. The normalized spacial score (nSPS) is 15.7. The lowest BCUT2D eigenvalue weighted by Crippen LogP contribution is -2.18. The number of H-pyrrole nitrogens is 1. The molecule has 1 fully saturated rings. The summed E-state index contributed by atoms with van der Waals surface area (Å²) in [6.07, 6.45) is 7.51. The molecule has 10 heteroatoms. The molecule has 0 amide bonds. The molecule has 2 aliphatic heterocycles. The molecule has 0 bridgehead atoms. The summed E-state index contributed by atoms with van der Waals surface area (Å²) in [6.45, 7) is 7.84. The van der Waals surface area contributed by atoms with Crippen LogP contribution in [0.3, 0.4) is 0 Å². The average Bonchev–Trinajstić information content (AvgIpc) is 3.66. The zero-order valence-corrected chi connectivity index (χ0v) is 23.2. The number of nitrogens with one attached hydrogen (secondary N) is 2. The molecule has 0 aliphatic carbocycles. The van der Waals surface area contributed by atoms with E-state index in [1.54, 1.807) is 25.4 Å². The number of hydrogen-bond acceptors (Lipinski definition) is 8. The minimum Gasteiger partial charge on any atom is -0.481 e. The van der Waals surface area contributed by atoms with E-state index >= 15 is 0 Å². The topological polar surface area (TPSA) is 134 Å². The van der Waals surface area contributed by atoms with Crippen molar-refractivity contribution >= 4 is 40.5 Å². The van der Waals surface area contributed by atoms with Crippen LogP contribution in [-0.2, 0) is 23.9 Å². The molecule has 0 saturated carbocycles. The zero-order chi connectivity index (χ0) is 29.4. The molecule has 2 aromatic heterocycles. The van der Waals surface area contributed by atoms with Crippen LogP contribution in [0.2, 0.25) is 0 Å². The Labute approximate surface area is 238 Å². The molecule has 3 aromatic rings. The van der Waals surface area contributed by atoms with Gasteiger partial charge in [-0.1, -0.05) is 11.8 Å². The molecular formula is C31H32N4O6. The van der Waals surface area contributed by atoms with Crippen LogP contribution < -0.4 is 5.32 Å². The molecule has 1 saturated heterocycles. The predicted molar refractivity (Wildman–Crippen MR) is 154 cm³/mol. The highest BCUT2D eigenvalue weighted by Gasteiger charge is 2.37. The van der Waals surface area contributed by atoms with Crippen LogP contribution in [0.15, 0.2) is 59.9 Å². The van der Waals surface area contributed by atoms with Crippen LogP contribution in [0, 0.1) is 18.8 Å². The van der Waals surface area contributed by atoms with Crippen molar-refractivity contribution in [3.63, 3.8) is 0 Å². The number of fused-ring (bicyclic) bond motifs is 1. The number of aliphatic carboxylic acids is 1. The summed E-state index contributed by atoms with van der Waals surface area (Å²) in [4.78, 5) is 44.6. The molecule has 0 spiro atoms. The second-order valence-electron chi connectivity index (χ2n) is 9.47. The van der Waals surface area contributed by atoms with Gasteiger partial charge >= 0.3 is 5.97 Å². The second kappa shape index (κ2) is 13.5. The number of ketones is 1. The van der Waals surface area contributed by atoms with Crippen molar-refractivity contribution < 1.29 is 29.0 Å². The summed E-state index contributed by atoms with van der Waals surface area (Å²) < 4.78 is 11.0. The van der Waals surface area contributed by atoms with Gasteiger partial charge in [0.2, 0.25) is 11.7 Å². The van der Waals surface area contributed by atoms with Crippen LogP contribution >= 0.6 is 0 Å². The van der Waals surface area contributed by atoms with Gasteiger partial charge in [-0.25, -0.2) is 9.78 Å². The molecule has 41 heavy (non-hydrogen) atoms. The van der Waals surface area contributed by atoms with Crippen LogP contribution in [0.25, 0.3) is 17.1 Å². The molecule has 10 nitrogen and oxygen atoms in total. The van der Waals surface area contributed by atoms with E-state index in [4.69, 9.17) is 19.4 Å². The number of aryl methyl sites for hydroxylation is 1. The third-order valence-electron chi connectivity index (χ3n) is 6.35. The lowest BCUT2D eigenvalue weighted by atomic mass is 10.1. The maximum absolute atomic E-state index is 13.2. The highest BCUT2D eigenvalue weighted by Crippen LogP contribution is 2.31. The quantitative estimate of drug-likeness (QED) is 0.176. The number of benzene rings is 1. The first-order chi connectivity index (χ1) is 19.8. The maximum atomic E-state index is 13.2. The summed E-state index contributed by atoms with van der Waals surface area (Å²) in [5, 5.41) is 11.4. The fourth-order valence-electron chi connectivity index (χ4n) is 4.44. The van der Waals surface area contributed by atoms with Crippen molar-refractivity contribution in [2.45, 2.75) is 33.6 Å². The Bertz CT molecular complexity index is 1580. The molecular weight excluding hydrogens is 524 g/mol. The fraction of sp³-hybridized carbons (Fsp3) is 0.290. The molecule has 0 radical (unpaired) electrons. The Morgan fingerprint density at radius 3 is 2.73 bits per heavy atom. The molecule has 212 valence electrons. The number of likely N-dealkylation sites (tertiary alicyclic amines) is 1. The van der Waals surface area contributed by atoms with Crippen molar-refractivity contribution in [3.05, 3.63) is 76.6 Å². The maximum Gasteiger partial charge on any atom is 0.347 e. The van der Waals surface area contributed by atoms with Gasteiger partial charge in [0.05, 0.1) is 13.2 Å². The first kappa shape index (κ1) is 29.1. The average molecular weight is 557 g/mol. The fourth-order valence-corrected chi connectivity index (χ4v) is 4.44. The summed E-state index contributed by atoms with van der Waals surface area (Å²) in [7, 11) is 0. The third kappa shape index (κ3) is 7.41. The first-order valence-electron chi connectivity index (χ1n) is 13.3. The van der Waals surface area contributed by atoms with Crippen molar-refractivity contribution in [2.24, 2.45) is 0 Å².